The Labute approximate surface area is 81.1 Å². The number of piperazine rings is 1. The number of rotatable bonds is 2. The van der Waals surface area contributed by atoms with Crippen molar-refractivity contribution in [2.75, 3.05) is 40.3 Å². The molecule has 1 heterocycles. The average Bonchev–Trinajstić information content (AvgIpc) is 2.02. The van der Waals surface area contributed by atoms with Crippen LogP contribution < -0.4 is 5.32 Å². The summed E-state index contributed by atoms with van der Waals surface area (Å²) >= 11 is 0. The van der Waals surface area contributed by atoms with Crippen molar-refractivity contribution in [3.63, 3.8) is 0 Å². The first-order valence-electron chi connectivity index (χ1n) is 5.38. The molecule has 76 valence electrons. The lowest BCUT2D eigenvalue weighted by Gasteiger charge is -2.46. The second-order valence-electron chi connectivity index (χ2n) is 4.53. The quantitative estimate of drug-likeness (QED) is 0.649. The lowest BCUT2D eigenvalue weighted by Crippen LogP contribution is -2.56. The van der Waals surface area contributed by atoms with Gasteiger partial charge in [-0.05, 0) is 26.9 Å². The Balaban J connectivity index is 1.72. The van der Waals surface area contributed by atoms with E-state index in [4.69, 9.17) is 0 Å². The Kier molecular flexibility index (Phi) is 2.86. The fourth-order valence-corrected chi connectivity index (χ4v) is 2.33. The van der Waals surface area contributed by atoms with Crippen molar-refractivity contribution in [3.05, 3.63) is 0 Å². The minimum Gasteiger partial charge on any atom is -0.314 e. The molecule has 0 aromatic heterocycles. The molecule has 2 rings (SSSR count). The summed E-state index contributed by atoms with van der Waals surface area (Å²) in [6, 6.07) is 1.73. The summed E-state index contributed by atoms with van der Waals surface area (Å²) in [7, 11) is 4.39. The van der Waals surface area contributed by atoms with E-state index in [0.717, 1.165) is 12.1 Å². The molecule has 0 aromatic rings. The van der Waals surface area contributed by atoms with Crippen LogP contribution in [0.5, 0.6) is 0 Å². The lowest BCUT2D eigenvalue weighted by atomic mass is 9.84. The van der Waals surface area contributed by atoms with E-state index in [2.05, 4.69) is 29.2 Å². The van der Waals surface area contributed by atoms with Gasteiger partial charge in [0, 0.05) is 38.3 Å². The highest BCUT2D eigenvalue weighted by molar-refractivity contribution is 4.92. The first-order chi connectivity index (χ1) is 6.27. The molecule has 1 saturated heterocycles. The van der Waals surface area contributed by atoms with Crippen LogP contribution in [0.15, 0.2) is 0 Å². The minimum atomic E-state index is 0.847. The molecule has 1 N–H and O–H groups in total. The minimum absolute atomic E-state index is 0.847. The predicted octanol–water partition coefficient (Wildman–Crippen LogP) is -0.0158. The molecule has 2 aliphatic rings. The van der Waals surface area contributed by atoms with E-state index in [1.165, 1.54) is 39.0 Å². The maximum atomic E-state index is 3.40. The maximum absolute atomic E-state index is 3.40. The van der Waals surface area contributed by atoms with Gasteiger partial charge in [0.05, 0.1) is 0 Å². The van der Waals surface area contributed by atoms with Gasteiger partial charge >= 0.3 is 0 Å². The second-order valence-corrected chi connectivity index (χ2v) is 4.53. The monoisotopic (exact) mass is 183 g/mol. The van der Waals surface area contributed by atoms with Crippen LogP contribution in [0, 0.1) is 0 Å². The summed E-state index contributed by atoms with van der Waals surface area (Å²) in [5, 5.41) is 3.40. The van der Waals surface area contributed by atoms with Crippen LogP contribution in [-0.2, 0) is 0 Å². The molecule has 1 aliphatic heterocycles. The maximum Gasteiger partial charge on any atom is 0.0126 e. The van der Waals surface area contributed by atoms with Gasteiger partial charge in [0.1, 0.15) is 0 Å². The molecule has 0 aromatic carbocycles. The second kappa shape index (κ2) is 3.95. The van der Waals surface area contributed by atoms with Crippen LogP contribution >= 0.6 is 0 Å². The fourth-order valence-electron chi connectivity index (χ4n) is 2.33. The smallest absolute Gasteiger partial charge is 0.0126 e. The summed E-state index contributed by atoms with van der Waals surface area (Å²) in [4.78, 5) is 5.01. The van der Waals surface area contributed by atoms with Gasteiger partial charge in [0.25, 0.3) is 0 Å². The lowest BCUT2D eigenvalue weighted by molar-refractivity contribution is 0.0454. The van der Waals surface area contributed by atoms with Gasteiger partial charge in [0.15, 0.2) is 0 Å². The van der Waals surface area contributed by atoms with Crippen LogP contribution in [0.25, 0.3) is 0 Å². The summed E-state index contributed by atoms with van der Waals surface area (Å²) in [5.74, 6) is 0. The fraction of sp³-hybridized carbons (Fsp3) is 1.00. The van der Waals surface area contributed by atoms with Crippen molar-refractivity contribution in [1.29, 1.82) is 0 Å². The summed E-state index contributed by atoms with van der Waals surface area (Å²) in [6.07, 6.45) is 2.76. The van der Waals surface area contributed by atoms with Crippen LogP contribution in [0.2, 0.25) is 0 Å². The third-order valence-electron chi connectivity index (χ3n) is 3.49. The Hall–Kier alpha value is -0.120. The Morgan fingerprint density at radius 2 is 1.77 bits per heavy atom. The molecule has 0 bridgehead atoms. The van der Waals surface area contributed by atoms with Gasteiger partial charge < -0.3 is 10.2 Å². The van der Waals surface area contributed by atoms with E-state index in [-0.39, 0.29) is 0 Å². The highest BCUT2D eigenvalue weighted by Crippen LogP contribution is 2.28. The predicted molar refractivity (Wildman–Crippen MR) is 54.9 cm³/mol. The molecule has 0 amide bonds. The highest BCUT2D eigenvalue weighted by atomic mass is 15.2. The van der Waals surface area contributed by atoms with Gasteiger partial charge in [-0.15, -0.1) is 0 Å². The number of nitrogens with one attached hydrogen (secondary N) is 1. The average molecular weight is 183 g/mol. The van der Waals surface area contributed by atoms with Crippen molar-refractivity contribution in [3.8, 4) is 0 Å². The van der Waals surface area contributed by atoms with E-state index in [9.17, 15) is 0 Å². The molecule has 0 radical (unpaired) electrons. The summed E-state index contributed by atoms with van der Waals surface area (Å²) in [5.41, 5.74) is 0. The van der Waals surface area contributed by atoms with E-state index in [1.54, 1.807) is 0 Å². The van der Waals surface area contributed by atoms with Crippen molar-refractivity contribution in [2.24, 2.45) is 0 Å². The first-order valence-corrected chi connectivity index (χ1v) is 5.38. The van der Waals surface area contributed by atoms with Crippen LogP contribution in [-0.4, -0.2) is 62.2 Å². The molecule has 3 heteroatoms. The van der Waals surface area contributed by atoms with Gasteiger partial charge in [-0.25, -0.2) is 0 Å². The van der Waals surface area contributed by atoms with Crippen LogP contribution in [0.1, 0.15) is 12.8 Å². The molecule has 0 atom stereocenters. The molecule has 13 heavy (non-hydrogen) atoms. The zero-order chi connectivity index (χ0) is 9.26. The van der Waals surface area contributed by atoms with E-state index in [1.807, 2.05) is 0 Å². The standard InChI is InChI=1S/C10H21N3/c1-12(2)9-7-10(8-9)13-5-3-11-4-6-13/h9-11H,3-8H2,1-2H3. The molecule has 1 saturated carbocycles. The third-order valence-corrected chi connectivity index (χ3v) is 3.49. The molecular weight excluding hydrogens is 162 g/mol. The van der Waals surface area contributed by atoms with E-state index < -0.39 is 0 Å². The topological polar surface area (TPSA) is 18.5 Å². The number of hydrogen-bond acceptors (Lipinski definition) is 3. The van der Waals surface area contributed by atoms with Gasteiger partial charge in [0.2, 0.25) is 0 Å². The molecule has 1 aliphatic carbocycles. The normalized spacial score (nSPS) is 36.2. The van der Waals surface area contributed by atoms with E-state index >= 15 is 0 Å². The molecule has 2 fully saturated rings. The Morgan fingerprint density at radius 3 is 2.31 bits per heavy atom. The highest BCUT2D eigenvalue weighted by Gasteiger charge is 2.34. The largest absolute Gasteiger partial charge is 0.314 e. The SMILES string of the molecule is CN(C)C1CC(N2CCNCC2)C1. The van der Waals surface area contributed by atoms with E-state index in [0.29, 0.717) is 0 Å². The van der Waals surface area contributed by atoms with Crippen molar-refractivity contribution < 1.29 is 0 Å². The number of hydrogen-bond donors (Lipinski definition) is 1. The van der Waals surface area contributed by atoms with Gasteiger partial charge in [-0.3, -0.25) is 4.90 Å². The van der Waals surface area contributed by atoms with Crippen molar-refractivity contribution in [2.45, 2.75) is 24.9 Å². The van der Waals surface area contributed by atoms with Crippen molar-refractivity contribution >= 4 is 0 Å². The third kappa shape index (κ3) is 2.03. The molecular formula is C10H21N3. The molecule has 0 spiro atoms. The van der Waals surface area contributed by atoms with Crippen molar-refractivity contribution in [1.82, 2.24) is 15.1 Å². The zero-order valence-electron chi connectivity index (χ0n) is 8.79. The Morgan fingerprint density at radius 1 is 1.15 bits per heavy atom. The van der Waals surface area contributed by atoms with Crippen LogP contribution in [0.3, 0.4) is 0 Å². The zero-order valence-corrected chi connectivity index (χ0v) is 8.79. The van der Waals surface area contributed by atoms with Gasteiger partial charge in [-0.1, -0.05) is 0 Å². The van der Waals surface area contributed by atoms with Gasteiger partial charge in [-0.2, -0.15) is 0 Å². The summed E-state index contributed by atoms with van der Waals surface area (Å²) in [6.45, 7) is 4.88. The van der Waals surface area contributed by atoms with Crippen LogP contribution in [0.4, 0.5) is 0 Å². The molecule has 3 nitrogen and oxygen atoms in total. The Bertz CT molecular complexity index is 158. The number of nitrogens with zero attached hydrogens (tertiary/aromatic N) is 2. The first kappa shape index (κ1) is 9.44. The molecule has 0 unspecified atom stereocenters. The summed E-state index contributed by atoms with van der Waals surface area (Å²) < 4.78 is 0.